The molecule has 0 aliphatic rings. The average molecular weight is 574 g/mol. The van der Waals surface area contributed by atoms with Crippen LogP contribution in [0.25, 0.3) is 0 Å². The van der Waals surface area contributed by atoms with Crippen LogP contribution in [-0.2, 0) is 22.6 Å². The fourth-order valence-corrected chi connectivity index (χ4v) is 5.18. The average Bonchev–Trinajstić information content (AvgIpc) is 2.96. The number of carbonyl (C=O) groups is 2. The lowest BCUT2D eigenvalue weighted by atomic mass is 9.87. The maximum absolute atomic E-state index is 14.4. The normalized spacial score (nSPS) is 11.8. The molecule has 0 heterocycles. The second kappa shape index (κ2) is 14.2. The Kier molecular flexibility index (Phi) is 10.4. The minimum Gasteiger partial charge on any atom is -0.352 e. The van der Waals surface area contributed by atoms with Crippen LogP contribution < -0.4 is 5.32 Å². The van der Waals surface area contributed by atoms with Gasteiger partial charge in [-0.25, -0.2) is 0 Å². The lowest BCUT2D eigenvalue weighted by molar-refractivity contribution is -0.141. The molecule has 6 heteroatoms. The molecule has 0 aliphatic carbocycles. The number of nitrogens with one attached hydrogen (secondary N) is 1. The molecule has 0 spiro atoms. The van der Waals surface area contributed by atoms with Gasteiger partial charge in [-0.2, -0.15) is 0 Å². The fourth-order valence-electron chi connectivity index (χ4n) is 4.86. The van der Waals surface area contributed by atoms with Gasteiger partial charge in [-0.1, -0.05) is 120 Å². The third-order valence-electron chi connectivity index (χ3n) is 6.82. The van der Waals surface area contributed by atoms with Crippen LogP contribution in [0.15, 0.2) is 109 Å². The molecule has 4 aromatic carbocycles. The molecule has 2 amide bonds. The Morgan fingerprint density at radius 1 is 0.725 bits per heavy atom. The molecular weight excluding hydrogens is 539 g/mol. The number of halogens is 2. The largest absolute Gasteiger partial charge is 0.352 e. The van der Waals surface area contributed by atoms with E-state index in [1.807, 2.05) is 111 Å². The molecule has 4 nitrogen and oxygen atoms in total. The Morgan fingerprint density at radius 3 is 1.80 bits per heavy atom. The Morgan fingerprint density at radius 2 is 1.27 bits per heavy atom. The van der Waals surface area contributed by atoms with Crippen molar-refractivity contribution in [2.75, 3.05) is 0 Å². The van der Waals surface area contributed by atoms with Crippen LogP contribution in [0.4, 0.5) is 0 Å². The van der Waals surface area contributed by atoms with Gasteiger partial charge in [-0.05, 0) is 48.2 Å². The minimum atomic E-state index is -0.723. The third kappa shape index (κ3) is 7.97. The maximum atomic E-state index is 14.4. The van der Waals surface area contributed by atoms with Crippen LogP contribution in [-0.4, -0.2) is 28.8 Å². The van der Waals surface area contributed by atoms with Crippen LogP contribution in [0.3, 0.4) is 0 Å². The van der Waals surface area contributed by atoms with Gasteiger partial charge in [0.15, 0.2) is 0 Å². The van der Waals surface area contributed by atoms with Gasteiger partial charge in [0.1, 0.15) is 6.04 Å². The summed E-state index contributed by atoms with van der Waals surface area (Å²) >= 11 is 12.5. The second-order valence-electron chi connectivity index (χ2n) is 10.2. The summed E-state index contributed by atoms with van der Waals surface area (Å²) in [6.45, 7) is 4.06. The zero-order valence-electron chi connectivity index (χ0n) is 22.8. The van der Waals surface area contributed by atoms with Crippen molar-refractivity contribution in [2.24, 2.45) is 0 Å². The van der Waals surface area contributed by atoms with Gasteiger partial charge >= 0.3 is 0 Å². The molecule has 1 N–H and O–H groups in total. The topological polar surface area (TPSA) is 49.4 Å². The zero-order chi connectivity index (χ0) is 28.5. The van der Waals surface area contributed by atoms with E-state index in [4.69, 9.17) is 23.2 Å². The first-order valence-corrected chi connectivity index (χ1v) is 14.2. The monoisotopic (exact) mass is 572 g/mol. The summed E-state index contributed by atoms with van der Waals surface area (Å²) in [4.78, 5) is 29.8. The molecule has 0 bridgehead atoms. The van der Waals surface area contributed by atoms with E-state index in [1.54, 1.807) is 17.0 Å². The van der Waals surface area contributed by atoms with Crippen LogP contribution in [0.2, 0.25) is 10.0 Å². The molecule has 40 heavy (non-hydrogen) atoms. The Labute approximate surface area is 246 Å². The van der Waals surface area contributed by atoms with Gasteiger partial charge < -0.3 is 10.2 Å². The molecule has 1 unspecified atom stereocenters. The van der Waals surface area contributed by atoms with Gasteiger partial charge in [0, 0.05) is 31.3 Å². The Hall–Kier alpha value is -3.60. The first-order chi connectivity index (χ1) is 19.3. The van der Waals surface area contributed by atoms with Gasteiger partial charge in [0.25, 0.3) is 0 Å². The third-order valence-corrected chi connectivity index (χ3v) is 7.56. The van der Waals surface area contributed by atoms with Crippen molar-refractivity contribution in [3.63, 3.8) is 0 Å². The van der Waals surface area contributed by atoms with E-state index in [-0.39, 0.29) is 36.7 Å². The summed E-state index contributed by atoms with van der Waals surface area (Å²) in [5.74, 6) is -0.483. The van der Waals surface area contributed by atoms with Crippen LogP contribution in [0.5, 0.6) is 0 Å². The highest BCUT2D eigenvalue weighted by atomic mass is 35.5. The summed E-state index contributed by atoms with van der Waals surface area (Å²) in [5, 5.41) is 3.89. The number of rotatable bonds is 11. The van der Waals surface area contributed by atoms with Crippen molar-refractivity contribution in [3.8, 4) is 0 Å². The number of amides is 2. The van der Waals surface area contributed by atoms with Crippen molar-refractivity contribution in [2.45, 2.75) is 51.2 Å². The van der Waals surface area contributed by atoms with Crippen molar-refractivity contribution >= 4 is 35.0 Å². The number of carbonyl (C=O) groups excluding carboxylic acids is 2. The van der Waals surface area contributed by atoms with E-state index in [2.05, 4.69) is 5.32 Å². The Balaban J connectivity index is 1.75. The minimum absolute atomic E-state index is 0.0749. The highest BCUT2D eigenvalue weighted by molar-refractivity contribution is 6.42. The molecule has 0 aliphatic heterocycles. The van der Waals surface area contributed by atoms with Crippen LogP contribution in [0.1, 0.15) is 48.4 Å². The summed E-state index contributed by atoms with van der Waals surface area (Å²) in [6.07, 6.45) is 0.587. The lowest BCUT2D eigenvalue weighted by Crippen LogP contribution is -2.52. The zero-order valence-corrected chi connectivity index (χ0v) is 24.3. The van der Waals surface area contributed by atoms with E-state index in [9.17, 15) is 9.59 Å². The van der Waals surface area contributed by atoms with E-state index in [0.717, 1.165) is 22.3 Å². The molecule has 1 atom stereocenters. The van der Waals surface area contributed by atoms with Gasteiger partial charge in [-0.3, -0.25) is 9.59 Å². The van der Waals surface area contributed by atoms with Crippen molar-refractivity contribution < 1.29 is 9.59 Å². The Bertz CT molecular complexity index is 1360. The number of benzene rings is 4. The van der Waals surface area contributed by atoms with E-state index < -0.39 is 6.04 Å². The molecule has 4 rings (SSSR count). The number of hydrogen-bond acceptors (Lipinski definition) is 2. The summed E-state index contributed by atoms with van der Waals surface area (Å²) in [7, 11) is 0. The number of nitrogens with zero attached hydrogens (tertiary/aromatic N) is 1. The molecule has 0 saturated carbocycles. The molecule has 0 aromatic heterocycles. The SMILES string of the molecule is CC(C)NC(=O)C(Cc1ccccc1)N(Cc1ccc(Cl)c(Cl)c1)C(=O)CC(c1ccccc1)c1ccccc1. The van der Waals surface area contributed by atoms with Crippen molar-refractivity contribution in [3.05, 3.63) is 141 Å². The van der Waals surface area contributed by atoms with E-state index in [0.29, 0.717) is 16.5 Å². The molecule has 0 fully saturated rings. The molecule has 0 saturated heterocycles. The summed E-state index contributed by atoms with van der Waals surface area (Å²) in [5.41, 5.74) is 3.86. The summed E-state index contributed by atoms with van der Waals surface area (Å²) in [6, 6.07) is 34.4. The fraction of sp³-hybridized carbons (Fsp3) is 0.235. The van der Waals surface area contributed by atoms with Crippen LogP contribution >= 0.6 is 23.2 Å². The first kappa shape index (κ1) is 29.4. The standard InChI is InChI=1S/C34H34Cl2N2O2/c1-24(2)37-34(40)32(21-25-12-6-3-7-13-25)38(23-26-18-19-30(35)31(36)20-26)33(39)22-29(27-14-8-4-9-15-27)28-16-10-5-11-17-28/h3-20,24,29,32H,21-23H2,1-2H3,(H,37,40). The van der Waals surface area contributed by atoms with Crippen LogP contribution in [0, 0.1) is 0 Å². The van der Waals surface area contributed by atoms with Gasteiger partial charge in [0.05, 0.1) is 10.0 Å². The number of hydrogen-bond donors (Lipinski definition) is 1. The smallest absolute Gasteiger partial charge is 0.243 e. The highest BCUT2D eigenvalue weighted by Crippen LogP contribution is 2.30. The molecule has 0 radical (unpaired) electrons. The van der Waals surface area contributed by atoms with Crippen molar-refractivity contribution in [1.82, 2.24) is 10.2 Å². The molecule has 4 aromatic rings. The summed E-state index contributed by atoms with van der Waals surface area (Å²) < 4.78 is 0. The van der Waals surface area contributed by atoms with Gasteiger partial charge in [0.2, 0.25) is 11.8 Å². The first-order valence-electron chi connectivity index (χ1n) is 13.5. The second-order valence-corrected chi connectivity index (χ2v) is 11.0. The van der Waals surface area contributed by atoms with Crippen molar-refractivity contribution in [1.29, 1.82) is 0 Å². The predicted molar refractivity (Wildman–Crippen MR) is 164 cm³/mol. The highest BCUT2D eigenvalue weighted by Gasteiger charge is 2.32. The van der Waals surface area contributed by atoms with E-state index >= 15 is 0 Å². The molecular formula is C34H34Cl2N2O2. The lowest BCUT2D eigenvalue weighted by Gasteiger charge is -2.33. The quantitative estimate of drug-likeness (QED) is 0.200. The maximum Gasteiger partial charge on any atom is 0.243 e. The van der Waals surface area contributed by atoms with E-state index in [1.165, 1.54) is 0 Å². The predicted octanol–water partition coefficient (Wildman–Crippen LogP) is 7.68. The molecule has 206 valence electrons. The van der Waals surface area contributed by atoms with Gasteiger partial charge in [-0.15, -0.1) is 0 Å².